The van der Waals surface area contributed by atoms with Crippen LogP contribution in [0.5, 0.6) is 5.75 Å². The maximum Gasteiger partial charge on any atom is 0.308 e. The molecule has 6 heteroatoms. The lowest BCUT2D eigenvalue weighted by molar-refractivity contribution is -0.131. The molecule has 3 rings (SSSR count). The van der Waals surface area contributed by atoms with Gasteiger partial charge in [0.2, 0.25) is 0 Å². The van der Waals surface area contributed by atoms with Crippen LogP contribution in [-0.2, 0) is 16.8 Å². The average molecular weight is 445 g/mol. The Balaban J connectivity index is 1.55. The first kappa shape index (κ1) is 23.7. The average Bonchev–Trinajstić information content (AvgIpc) is 2.77. The third-order valence-electron chi connectivity index (χ3n) is 5.04. The molecule has 3 aromatic rings. The molecule has 0 fully saturated rings. The molecule has 0 saturated heterocycles. The van der Waals surface area contributed by atoms with Crippen molar-refractivity contribution in [3.05, 3.63) is 95.1 Å². The van der Waals surface area contributed by atoms with Crippen LogP contribution >= 0.6 is 0 Å². The highest BCUT2D eigenvalue weighted by Gasteiger charge is 2.14. The molecule has 6 nitrogen and oxygen atoms in total. The van der Waals surface area contributed by atoms with E-state index < -0.39 is 5.97 Å². The summed E-state index contributed by atoms with van der Waals surface area (Å²) in [6, 6.07) is 21.3. The van der Waals surface area contributed by atoms with E-state index in [1.54, 1.807) is 30.3 Å². The van der Waals surface area contributed by atoms with Crippen LogP contribution in [0.2, 0.25) is 0 Å². The molecule has 0 heterocycles. The summed E-state index contributed by atoms with van der Waals surface area (Å²) in [4.78, 5) is 36.0. The van der Waals surface area contributed by atoms with E-state index in [2.05, 4.69) is 31.4 Å². The first-order chi connectivity index (χ1) is 15.6. The van der Waals surface area contributed by atoms with Crippen LogP contribution in [0.15, 0.2) is 72.8 Å². The fourth-order valence-electron chi connectivity index (χ4n) is 3.18. The Kier molecular flexibility index (Phi) is 7.28. The number of anilines is 1. The zero-order chi connectivity index (χ0) is 24.0. The van der Waals surface area contributed by atoms with Gasteiger partial charge in [-0.25, -0.2) is 0 Å². The minimum Gasteiger partial charge on any atom is -0.427 e. The Hall–Kier alpha value is -3.93. The van der Waals surface area contributed by atoms with Crippen LogP contribution in [0, 0.1) is 0 Å². The molecule has 0 aliphatic carbocycles. The fourth-order valence-corrected chi connectivity index (χ4v) is 3.18. The number of hydrogen-bond acceptors (Lipinski definition) is 4. The van der Waals surface area contributed by atoms with Gasteiger partial charge < -0.3 is 15.4 Å². The minimum atomic E-state index is -0.443. The summed E-state index contributed by atoms with van der Waals surface area (Å²) in [7, 11) is 0. The van der Waals surface area contributed by atoms with E-state index in [0.29, 0.717) is 29.1 Å². The van der Waals surface area contributed by atoms with Crippen molar-refractivity contribution in [3.8, 4) is 5.75 Å². The van der Waals surface area contributed by atoms with Gasteiger partial charge >= 0.3 is 5.97 Å². The molecule has 3 aromatic carbocycles. The molecule has 2 amide bonds. The van der Waals surface area contributed by atoms with Crippen molar-refractivity contribution in [3.63, 3.8) is 0 Å². The van der Waals surface area contributed by atoms with Crippen LogP contribution in [0.1, 0.15) is 59.5 Å². The van der Waals surface area contributed by atoms with E-state index in [1.807, 2.05) is 36.4 Å². The van der Waals surface area contributed by atoms with E-state index in [9.17, 15) is 14.4 Å². The number of carbonyl (C=O) groups excluding carboxylic acids is 3. The second-order valence-corrected chi connectivity index (χ2v) is 8.78. The highest BCUT2D eigenvalue weighted by atomic mass is 16.5. The summed E-state index contributed by atoms with van der Waals surface area (Å²) < 4.78 is 5.01. The lowest BCUT2D eigenvalue weighted by Crippen LogP contribution is -2.22. The van der Waals surface area contributed by atoms with Crippen molar-refractivity contribution < 1.29 is 19.1 Å². The third kappa shape index (κ3) is 6.77. The molecular weight excluding hydrogens is 416 g/mol. The van der Waals surface area contributed by atoms with Crippen molar-refractivity contribution >= 4 is 23.5 Å². The van der Waals surface area contributed by atoms with Crippen molar-refractivity contribution in [1.29, 1.82) is 0 Å². The third-order valence-corrected chi connectivity index (χ3v) is 5.04. The summed E-state index contributed by atoms with van der Waals surface area (Å²) in [5.41, 5.74) is 3.75. The molecule has 0 aliphatic heterocycles. The van der Waals surface area contributed by atoms with Crippen molar-refractivity contribution in [2.75, 3.05) is 5.32 Å². The van der Waals surface area contributed by atoms with Gasteiger partial charge in [0.05, 0.1) is 0 Å². The van der Waals surface area contributed by atoms with Gasteiger partial charge in [0.1, 0.15) is 5.75 Å². The number of benzene rings is 3. The number of hydrogen-bond donors (Lipinski definition) is 2. The first-order valence-electron chi connectivity index (χ1n) is 10.7. The van der Waals surface area contributed by atoms with E-state index in [0.717, 1.165) is 5.56 Å². The van der Waals surface area contributed by atoms with Gasteiger partial charge in [-0.1, -0.05) is 51.1 Å². The molecule has 0 unspecified atom stereocenters. The molecule has 170 valence electrons. The van der Waals surface area contributed by atoms with Gasteiger partial charge in [-0.2, -0.15) is 0 Å². The molecule has 0 atom stereocenters. The Bertz CT molecular complexity index is 1140. The number of ether oxygens (including phenoxy) is 1. The first-order valence-corrected chi connectivity index (χ1v) is 10.7. The second-order valence-electron chi connectivity index (χ2n) is 8.78. The zero-order valence-corrected chi connectivity index (χ0v) is 19.3. The standard InChI is InChI=1S/C27H28N2O4/c1-18(30)33-24-7-5-6-21(16-24)25(31)28-17-19-8-14-23(15-9-19)29-26(32)20-10-12-22(13-11-20)27(2,3)4/h5-16H,17H2,1-4H3,(H,28,31)(H,29,32). The van der Waals surface area contributed by atoms with Crippen molar-refractivity contribution in [2.24, 2.45) is 0 Å². The largest absolute Gasteiger partial charge is 0.427 e. The van der Waals surface area contributed by atoms with E-state index in [-0.39, 0.29) is 17.2 Å². The van der Waals surface area contributed by atoms with Gasteiger partial charge in [-0.15, -0.1) is 0 Å². The molecule has 33 heavy (non-hydrogen) atoms. The molecule has 0 aliphatic rings. The molecule has 2 N–H and O–H groups in total. The van der Waals surface area contributed by atoms with E-state index in [4.69, 9.17) is 4.74 Å². The van der Waals surface area contributed by atoms with Gasteiger partial charge in [-0.3, -0.25) is 14.4 Å². The molecular formula is C27H28N2O4. The molecule has 0 spiro atoms. The highest BCUT2D eigenvalue weighted by molar-refractivity contribution is 6.04. The Morgan fingerprint density at radius 2 is 1.48 bits per heavy atom. The highest BCUT2D eigenvalue weighted by Crippen LogP contribution is 2.22. The maximum absolute atomic E-state index is 12.5. The summed E-state index contributed by atoms with van der Waals surface area (Å²) >= 11 is 0. The Morgan fingerprint density at radius 3 is 2.09 bits per heavy atom. The van der Waals surface area contributed by atoms with Crippen LogP contribution in [0.3, 0.4) is 0 Å². The van der Waals surface area contributed by atoms with E-state index >= 15 is 0 Å². The SMILES string of the molecule is CC(=O)Oc1cccc(C(=O)NCc2ccc(NC(=O)c3ccc(C(C)(C)C)cc3)cc2)c1. The number of carbonyl (C=O) groups is 3. The van der Waals surface area contributed by atoms with Gasteiger partial charge in [0, 0.05) is 30.3 Å². The summed E-state index contributed by atoms with van der Waals surface area (Å²) in [5, 5.41) is 5.72. The summed E-state index contributed by atoms with van der Waals surface area (Å²) in [6.45, 7) is 8.02. The topological polar surface area (TPSA) is 84.5 Å². The molecule has 0 radical (unpaired) electrons. The molecule has 0 bridgehead atoms. The lowest BCUT2D eigenvalue weighted by Gasteiger charge is -2.19. The van der Waals surface area contributed by atoms with Gasteiger partial charge in [0.15, 0.2) is 0 Å². The molecule has 0 aromatic heterocycles. The maximum atomic E-state index is 12.5. The monoisotopic (exact) mass is 444 g/mol. The van der Waals surface area contributed by atoms with Crippen molar-refractivity contribution in [2.45, 2.75) is 39.7 Å². The Morgan fingerprint density at radius 1 is 0.818 bits per heavy atom. The number of nitrogens with one attached hydrogen (secondary N) is 2. The number of esters is 1. The van der Waals surface area contributed by atoms with Crippen LogP contribution in [0.25, 0.3) is 0 Å². The fraction of sp³-hybridized carbons (Fsp3) is 0.222. The predicted molar refractivity (Wildman–Crippen MR) is 128 cm³/mol. The van der Waals surface area contributed by atoms with Gasteiger partial charge in [-0.05, 0) is 59.0 Å². The lowest BCUT2D eigenvalue weighted by atomic mass is 9.87. The minimum absolute atomic E-state index is 0.0331. The van der Waals surface area contributed by atoms with Crippen LogP contribution in [-0.4, -0.2) is 17.8 Å². The summed E-state index contributed by atoms with van der Waals surface area (Å²) in [6.07, 6.45) is 0. The molecule has 0 saturated carbocycles. The number of rotatable bonds is 6. The van der Waals surface area contributed by atoms with Gasteiger partial charge in [0.25, 0.3) is 11.8 Å². The van der Waals surface area contributed by atoms with Crippen molar-refractivity contribution in [1.82, 2.24) is 5.32 Å². The van der Waals surface area contributed by atoms with Crippen LogP contribution in [0.4, 0.5) is 5.69 Å². The predicted octanol–water partition coefficient (Wildman–Crippen LogP) is 5.09. The Labute approximate surface area is 194 Å². The van der Waals surface area contributed by atoms with Crippen LogP contribution < -0.4 is 15.4 Å². The number of amides is 2. The quantitative estimate of drug-likeness (QED) is 0.410. The van der Waals surface area contributed by atoms with E-state index in [1.165, 1.54) is 18.6 Å². The summed E-state index contributed by atoms with van der Waals surface area (Å²) in [5.74, 6) is -0.575. The normalized spacial score (nSPS) is 10.9. The smallest absolute Gasteiger partial charge is 0.308 e. The second kappa shape index (κ2) is 10.1. The zero-order valence-electron chi connectivity index (χ0n) is 19.3.